The van der Waals surface area contributed by atoms with E-state index < -0.39 is 0 Å². The fourth-order valence-corrected chi connectivity index (χ4v) is 1.84. The second kappa shape index (κ2) is 6.01. The molecule has 0 aliphatic rings. The molecule has 0 bridgehead atoms. The van der Waals surface area contributed by atoms with Crippen LogP contribution in [0.2, 0.25) is 0 Å². The smallest absolute Gasteiger partial charge is 0.231 e. The van der Waals surface area contributed by atoms with Gasteiger partial charge >= 0.3 is 0 Å². The van der Waals surface area contributed by atoms with Gasteiger partial charge in [-0.2, -0.15) is 0 Å². The van der Waals surface area contributed by atoms with Crippen molar-refractivity contribution in [2.24, 2.45) is 5.73 Å². The van der Waals surface area contributed by atoms with Crippen LogP contribution in [0.25, 0.3) is 0 Å². The van der Waals surface area contributed by atoms with Crippen molar-refractivity contribution in [1.29, 1.82) is 0 Å². The third-order valence-corrected chi connectivity index (χ3v) is 3.03. The summed E-state index contributed by atoms with van der Waals surface area (Å²) >= 11 is 0. The number of likely N-dealkylation sites (N-methyl/N-ethyl adjacent to an activating group) is 1. The normalized spacial score (nSPS) is 11.8. The molecule has 0 heterocycles. The zero-order valence-corrected chi connectivity index (χ0v) is 11.9. The van der Waals surface area contributed by atoms with Gasteiger partial charge in [0.1, 0.15) is 0 Å². The summed E-state index contributed by atoms with van der Waals surface area (Å²) in [4.78, 5) is 12.7. The van der Waals surface area contributed by atoms with Crippen molar-refractivity contribution in [3.05, 3.63) is 35.4 Å². The molecule has 1 amide bonds. The lowest BCUT2D eigenvalue weighted by atomic mass is 9.86. The quantitative estimate of drug-likeness (QED) is 0.865. The van der Waals surface area contributed by atoms with Crippen molar-refractivity contribution in [3.63, 3.8) is 0 Å². The lowest BCUT2D eigenvalue weighted by Gasteiger charge is -2.19. The molecule has 0 saturated heterocycles. The number of benzene rings is 1. The van der Waals surface area contributed by atoms with Gasteiger partial charge in [0, 0.05) is 6.54 Å². The number of hydrogen-bond donors (Lipinski definition) is 1. The molecule has 18 heavy (non-hydrogen) atoms. The van der Waals surface area contributed by atoms with Crippen molar-refractivity contribution in [2.45, 2.75) is 32.6 Å². The van der Waals surface area contributed by atoms with Crippen LogP contribution in [0.1, 0.15) is 31.9 Å². The van der Waals surface area contributed by atoms with E-state index in [1.807, 2.05) is 11.9 Å². The van der Waals surface area contributed by atoms with Gasteiger partial charge in [-0.1, -0.05) is 45.0 Å². The molecule has 1 aromatic carbocycles. The number of nitrogens with two attached hydrogens (primary N) is 1. The standard InChI is InChI=1S/C15H24N2O/c1-15(2,3)13-7-5-12(6-8-13)9-10-17(4)11-14(16)18/h5-8H,9-11H2,1-4H3,(H2,16,18). The summed E-state index contributed by atoms with van der Waals surface area (Å²) in [5.41, 5.74) is 7.98. The van der Waals surface area contributed by atoms with E-state index >= 15 is 0 Å². The number of carbonyl (C=O) groups excluding carboxylic acids is 1. The molecule has 0 unspecified atom stereocenters. The molecule has 0 aromatic heterocycles. The Hall–Kier alpha value is -1.35. The van der Waals surface area contributed by atoms with Crippen LogP contribution in [0.4, 0.5) is 0 Å². The van der Waals surface area contributed by atoms with E-state index in [4.69, 9.17) is 5.73 Å². The van der Waals surface area contributed by atoms with E-state index in [0.29, 0.717) is 6.54 Å². The largest absolute Gasteiger partial charge is 0.369 e. The maximum absolute atomic E-state index is 10.8. The van der Waals surface area contributed by atoms with Crippen molar-refractivity contribution in [1.82, 2.24) is 4.90 Å². The van der Waals surface area contributed by atoms with E-state index in [2.05, 4.69) is 45.0 Å². The molecule has 0 radical (unpaired) electrons. The number of hydrogen-bond acceptors (Lipinski definition) is 2. The summed E-state index contributed by atoms with van der Waals surface area (Å²) in [6.45, 7) is 7.80. The Morgan fingerprint density at radius 3 is 2.22 bits per heavy atom. The molecule has 100 valence electrons. The molecule has 1 rings (SSSR count). The molecule has 3 nitrogen and oxygen atoms in total. The van der Waals surface area contributed by atoms with Gasteiger partial charge in [-0.15, -0.1) is 0 Å². The van der Waals surface area contributed by atoms with Gasteiger partial charge < -0.3 is 5.73 Å². The number of rotatable bonds is 5. The zero-order chi connectivity index (χ0) is 13.8. The lowest BCUT2D eigenvalue weighted by Crippen LogP contribution is -2.32. The maximum atomic E-state index is 10.8. The van der Waals surface area contributed by atoms with Crippen LogP contribution in [0.5, 0.6) is 0 Å². The molecule has 2 N–H and O–H groups in total. The summed E-state index contributed by atoms with van der Waals surface area (Å²) in [5.74, 6) is -0.277. The monoisotopic (exact) mass is 248 g/mol. The number of primary amides is 1. The van der Waals surface area contributed by atoms with Crippen molar-refractivity contribution in [3.8, 4) is 0 Å². The molecule has 0 spiro atoms. The Kier molecular flexibility index (Phi) is 4.91. The highest BCUT2D eigenvalue weighted by Crippen LogP contribution is 2.22. The van der Waals surface area contributed by atoms with E-state index in [9.17, 15) is 4.79 Å². The Balaban J connectivity index is 2.52. The third kappa shape index (κ3) is 4.88. The predicted molar refractivity (Wildman–Crippen MR) is 75.5 cm³/mol. The van der Waals surface area contributed by atoms with Gasteiger partial charge in [0.25, 0.3) is 0 Å². The molecule has 0 aliphatic carbocycles. The molecular weight excluding hydrogens is 224 g/mol. The summed E-state index contributed by atoms with van der Waals surface area (Å²) in [7, 11) is 1.91. The maximum Gasteiger partial charge on any atom is 0.231 e. The fraction of sp³-hybridized carbons (Fsp3) is 0.533. The summed E-state index contributed by atoms with van der Waals surface area (Å²) in [6.07, 6.45) is 0.939. The van der Waals surface area contributed by atoms with Gasteiger partial charge in [0.2, 0.25) is 5.91 Å². The van der Waals surface area contributed by atoms with Crippen LogP contribution in [0.15, 0.2) is 24.3 Å². The first-order valence-corrected chi connectivity index (χ1v) is 6.35. The Morgan fingerprint density at radius 1 is 1.22 bits per heavy atom. The average molecular weight is 248 g/mol. The second-order valence-corrected chi connectivity index (χ2v) is 5.90. The van der Waals surface area contributed by atoms with Crippen LogP contribution >= 0.6 is 0 Å². The van der Waals surface area contributed by atoms with Crippen molar-refractivity contribution in [2.75, 3.05) is 20.1 Å². The first-order valence-electron chi connectivity index (χ1n) is 6.35. The Labute approximate surface area is 110 Å². The van der Waals surface area contributed by atoms with Crippen LogP contribution < -0.4 is 5.73 Å². The minimum Gasteiger partial charge on any atom is -0.369 e. The van der Waals surface area contributed by atoms with Crippen molar-refractivity contribution >= 4 is 5.91 Å². The van der Waals surface area contributed by atoms with Gasteiger partial charge in [0.05, 0.1) is 6.54 Å². The van der Waals surface area contributed by atoms with Gasteiger partial charge in [-0.25, -0.2) is 0 Å². The molecule has 3 heteroatoms. The van der Waals surface area contributed by atoms with Gasteiger partial charge in [-0.3, -0.25) is 9.69 Å². The average Bonchev–Trinajstić information content (AvgIpc) is 2.25. The van der Waals surface area contributed by atoms with Crippen LogP contribution in [-0.2, 0) is 16.6 Å². The summed E-state index contributed by atoms with van der Waals surface area (Å²) in [6, 6.07) is 8.70. The van der Waals surface area contributed by atoms with Crippen LogP contribution in [0, 0.1) is 0 Å². The number of amides is 1. The first-order chi connectivity index (χ1) is 8.29. The molecule has 0 aliphatic heterocycles. The highest BCUT2D eigenvalue weighted by molar-refractivity contribution is 5.75. The SMILES string of the molecule is CN(CCc1ccc(C(C)(C)C)cc1)CC(N)=O. The molecular formula is C15H24N2O. The Bertz CT molecular complexity index is 390. The van der Waals surface area contributed by atoms with E-state index in [1.165, 1.54) is 11.1 Å². The third-order valence-electron chi connectivity index (χ3n) is 3.03. The van der Waals surface area contributed by atoms with E-state index in [0.717, 1.165) is 13.0 Å². The molecule has 0 atom stereocenters. The van der Waals surface area contributed by atoms with Gasteiger partial charge in [-0.05, 0) is 30.0 Å². The topological polar surface area (TPSA) is 46.3 Å². The zero-order valence-electron chi connectivity index (χ0n) is 11.9. The molecule has 0 saturated carbocycles. The highest BCUT2D eigenvalue weighted by atomic mass is 16.1. The summed E-state index contributed by atoms with van der Waals surface area (Å²) < 4.78 is 0. The Morgan fingerprint density at radius 2 is 1.78 bits per heavy atom. The van der Waals surface area contributed by atoms with Crippen molar-refractivity contribution < 1.29 is 4.79 Å². The molecule has 1 aromatic rings. The van der Waals surface area contributed by atoms with E-state index in [1.54, 1.807) is 0 Å². The van der Waals surface area contributed by atoms with Crippen LogP contribution in [0.3, 0.4) is 0 Å². The minimum absolute atomic E-state index is 0.196. The molecule has 0 fully saturated rings. The number of nitrogens with zero attached hydrogens (tertiary/aromatic N) is 1. The predicted octanol–water partition coefficient (Wildman–Crippen LogP) is 1.94. The van der Waals surface area contributed by atoms with Gasteiger partial charge in [0.15, 0.2) is 0 Å². The second-order valence-electron chi connectivity index (χ2n) is 5.90. The van der Waals surface area contributed by atoms with Crippen LogP contribution in [-0.4, -0.2) is 30.9 Å². The summed E-state index contributed by atoms with van der Waals surface area (Å²) in [5, 5.41) is 0. The number of carbonyl (C=O) groups is 1. The first kappa shape index (κ1) is 14.7. The lowest BCUT2D eigenvalue weighted by molar-refractivity contribution is -0.118. The van der Waals surface area contributed by atoms with E-state index in [-0.39, 0.29) is 11.3 Å². The minimum atomic E-state index is -0.277. The fourth-order valence-electron chi connectivity index (χ4n) is 1.84. The highest BCUT2D eigenvalue weighted by Gasteiger charge is 2.12.